The van der Waals surface area contributed by atoms with E-state index < -0.39 is 0 Å². The molecule has 2 N–H and O–H groups in total. The average molecular weight is 259 g/mol. The van der Waals surface area contributed by atoms with Gasteiger partial charge in [-0.25, -0.2) is 0 Å². The quantitative estimate of drug-likeness (QED) is 0.903. The zero-order valence-corrected chi connectivity index (χ0v) is 11.7. The van der Waals surface area contributed by atoms with Gasteiger partial charge in [0.1, 0.15) is 0 Å². The van der Waals surface area contributed by atoms with Crippen LogP contribution >= 0.6 is 0 Å². The van der Waals surface area contributed by atoms with E-state index in [0.29, 0.717) is 5.92 Å². The number of hydrogen-bond donors (Lipinski definition) is 1. The number of rotatable bonds is 3. The lowest BCUT2D eigenvalue weighted by Gasteiger charge is -2.39. The predicted molar refractivity (Wildman–Crippen MR) is 78.4 cm³/mol. The molecular formula is C17H25NO. The first-order valence-corrected chi connectivity index (χ1v) is 7.73. The third-order valence-corrected chi connectivity index (χ3v) is 5.10. The lowest BCUT2D eigenvalue weighted by molar-refractivity contribution is 0.193. The van der Waals surface area contributed by atoms with Crippen molar-refractivity contribution in [1.82, 2.24) is 0 Å². The van der Waals surface area contributed by atoms with Crippen molar-refractivity contribution in [2.24, 2.45) is 5.73 Å². The summed E-state index contributed by atoms with van der Waals surface area (Å²) in [5.41, 5.74) is 9.47. The minimum absolute atomic E-state index is 0.234. The molecule has 104 valence electrons. The molecule has 1 atom stereocenters. The van der Waals surface area contributed by atoms with Crippen molar-refractivity contribution < 1.29 is 4.74 Å². The van der Waals surface area contributed by atoms with Crippen LogP contribution in [0.2, 0.25) is 0 Å². The fourth-order valence-electron chi connectivity index (χ4n) is 3.93. The number of nitrogens with two attached hydrogens (primary N) is 1. The molecule has 1 heterocycles. The summed E-state index contributed by atoms with van der Waals surface area (Å²) in [6.07, 6.45) is 7.70. The second-order valence-corrected chi connectivity index (χ2v) is 6.19. The highest BCUT2D eigenvalue weighted by atomic mass is 16.5. The van der Waals surface area contributed by atoms with Crippen molar-refractivity contribution in [3.8, 4) is 0 Å². The van der Waals surface area contributed by atoms with E-state index in [1.807, 2.05) is 0 Å². The van der Waals surface area contributed by atoms with Crippen LogP contribution in [-0.4, -0.2) is 19.8 Å². The minimum atomic E-state index is 0.234. The summed E-state index contributed by atoms with van der Waals surface area (Å²) < 4.78 is 5.59. The molecule has 0 amide bonds. The monoisotopic (exact) mass is 259 g/mol. The van der Waals surface area contributed by atoms with Crippen LogP contribution in [0.25, 0.3) is 0 Å². The van der Waals surface area contributed by atoms with Crippen LogP contribution in [0.3, 0.4) is 0 Å². The maximum atomic E-state index is 6.21. The fraction of sp³-hybridized carbons (Fsp3) is 0.647. The first-order valence-electron chi connectivity index (χ1n) is 7.73. The minimum Gasteiger partial charge on any atom is -0.381 e. The molecule has 1 unspecified atom stereocenters. The molecule has 1 saturated carbocycles. The molecule has 1 aromatic carbocycles. The SMILES string of the molecule is NCC1(c2ccccc2C2CCOC2)CCCCC1. The van der Waals surface area contributed by atoms with Crippen molar-refractivity contribution in [2.75, 3.05) is 19.8 Å². The van der Waals surface area contributed by atoms with Gasteiger partial charge in [-0.1, -0.05) is 43.5 Å². The largest absolute Gasteiger partial charge is 0.381 e. The fourth-order valence-corrected chi connectivity index (χ4v) is 3.93. The van der Waals surface area contributed by atoms with Gasteiger partial charge in [0, 0.05) is 24.5 Å². The van der Waals surface area contributed by atoms with Crippen LogP contribution in [0.15, 0.2) is 24.3 Å². The van der Waals surface area contributed by atoms with E-state index in [4.69, 9.17) is 10.5 Å². The van der Waals surface area contributed by atoms with Gasteiger partial charge in [-0.15, -0.1) is 0 Å². The van der Waals surface area contributed by atoms with Crippen molar-refractivity contribution in [1.29, 1.82) is 0 Å². The first-order chi connectivity index (χ1) is 9.36. The Balaban J connectivity index is 1.98. The highest BCUT2D eigenvalue weighted by Crippen LogP contribution is 2.42. The van der Waals surface area contributed by atoms with Gasteiger partial charge >= 0.3 is 0 Å². The van der Waals surface area contributed by atoms with Gasteiger partial charge in [0.05, 0.1) is 6.61 Å². The second-order valence-electron chi connectivity index (χ2n) is 6.19. The van der Waals surface area contributed by atoms with Gasteiger partial charge < -0.3 is 10.5 Å². The second kappa shape index (κ2) is 5.64. The van der Waals surface area contributed by atoms with Gasteiger partial charge in [0.15, 0.2) is 0 Å². The Labute approximate surface area is 116 Å². The smallest absolute Gasteiger partial charge is 0.0535 e. The van der Waals surface area contributed by atoms with Crippen LogP contribution < -0.4 is 5.73 Å². The number of ether oxygens (including phenoxy) is 1. The van der Waals surface area contributed by atoms with Gasteiger partial charge in [0.2, 0.25) is 0 Å². The van der Waals surface area contributed by atoms with E-state index in [1.54, 1.807) is 0 Å². The summed E-state index contributed by atoms with van der Waals surface area (Å²) in [5, 5.41) is 0. The van der Waals surface area contributed by atoms with E-state index in [1.165, 1.54) is 43.2 Å². The van der Waals surface area contributed by atoms with E-state index in [9.17, 15) is 0 Å². The molecule has 0 aromatic heterocycles. The molecule has 1 aliphatic carbocycles. The van der Waals surface area contributed by atoms with Gasteiger partial charge in [0.25, 0.3) is 0 Å². The lowest BCUT2D eigenvalue weighted by Crippen LogP contribution is -2.38. The Morgan fingerprint density at radius 1 is 1.16 bits per heavy atom. The van der Waals surface area contributed by atoms with Crippen LogP contribution in [0.5, 0.6) is 0 Å². The third kappa shape index (κ3) is 2.44. The topological polar surface area (TPSA) is 35.2 Å². The molecule has 0 spiro atoms. The number of hydrogen-bond acceptors (Lipinski definition) is 2. The molecule has 0 bridgehead atoms. The zero-order valence-electron chi connectivity index (χ0n) is 11.7. The molecule has 2 fully saturated rings. The molecule has 2 nitrogen and oxygen atoms in total. The summed E-state index contributed by atoms with van der Waals surface area (Å²) in [7, 11) is 0. The Hall–Kier alpha value is -0.860. The van der Waals surface area contributed by atoms with Crippen LogP contribution in [0, 0.1) is 0 Å². The predicted octanol–water partition coefficient (Wildman–Crippen LogP) is 3.35. The molecular weight excluding hydrogens is 234 g/mol. The first kappa shape index (κ1) is 13.1. The summed E-state index contributed by atoms with van der Waals surface area (Å²) in [6, 6.07) is 8.98. The Kier molecular flexibility index (Phi) is 3.90. The van der Waals surface area contributed by atoms with E-state index >= 15 is 0 Å². The maximum absolute atomic E-state index is 6.21. The molecule has 1 aromatic rings. The highest BCUT2D eigenvalue weighted by Gasteiger charge is 2.35. The van der Waals surface area contributed by atoms with Crippen molar-refractivity contribution in [3.63, 3.8) is 0 Å². The molecule has 2 heteroatoms. The summed E-state index contributed by atoms with van der Waals surface area (Å²) in [5.74, 6) is 0.585. The van der Waals surface area contributed by atoms with Crippen LogP contribution in [-0.2, 0) is 10.2 Å². The third-order valence-electron chi connectivity index (χ3n) is 5.10. The van der Waals surface area contributed by atoms with Crippen molar-refractivity contribution in [2.45, 2.75) is 49.9 Å². The van der Waals surface area contributed by atoms with Gasteiger partial charge in [-0.2, -0.15) is 0 Å². The molecule has 19 heavy (non-hydrogen) atoms. The van der Waals surface area contributed by atoms with E-state index in [-0.39, 0.29) is 5.41 Å². The molecule has 1 saturated heterocycles. The van der Waals surface area contributed by atoms with Crippen molar-refractivity contribution in [3.05, 3.63) is 35.4 Å². The van der Waals surface area contributed by atoms with Crippen molar-refractivity contribution >= 4 is 0 Å². The number of benzene rings is 1. The Morgan fingerprint density at radius 3 is 2.63 bits per heavy atom. The Morgan fingerprint density at radius 2 is 1.95 bits per heavy atom. The molecule has 0 radical (unpaired) electrons. The summed E-state index contributed by atoms with van der Waals surface area (Å²) in [4.78, 5) is 0. The normalized spacial score (nSPS) is 26.5. The zero-order chi connectivity index (χ0) is 13.1. The maximum Gasteiger partial charge on any atom is 0.0535 e. The van der Waals surface area contributed by atoms with Crippen LogP contribution in [0.1, 0.15) is 55.6 Å². The standard InChI is InChI=1S/C17H25NO/c18-13-17(9-4-1-5-10-17)16-7-3-2-6-15(16)14-8-11-19-12-14/h2-3,6-7,14H,1,4-5,8-13,18H2. The van der Waals surface area contributed by atoms with E-state index in [2.05, 4.69) is 24.3 Å². The van der Waals surface area contributed by atoms with Gasteiger partial charge in [-0.05, 0) is 30.4 Å². The summed E-state index contributed by atoms with van der Waals surface area (Å²) >= 11 is 0. The average Bonchev–Trinajstić information content (AvgIpc) is 3.02. The van der Waals surface area contributed by atoms with E-state index in [0.717, 1.165) is 26.2 Å². The Bertz CT molecular complexity index is 417. The molecule has 2 aliphatic rings. The summed E-state index contributed by atoms with van der Waals surface area (Å²) in [6.45, 7) is 2.59. The molecule has 3 rings (SSSR count). The lowest BCUT2D eigenvalue weighted by atomic mass is 9.67. The highest BCUT2D eigenvalue weighted by molar-refractivity contribution is 5.38. The van der Waals surface area contributed by atoms with Gasteiger partial charge in [-0.3, -0.25) is 0 Å². The molecule has 1 aliphatic heterocycles. The van der Waals surface area contributed by atoms with Crippen LogP contribution in [0.4, 0.5) is 0 Å².